The Morgan fingerprint density at radius 3 is 2.14 bits per heavy atom. The fourth-order valence-corrected chi connectivity index (χ4v) is 2.62. The van der Waals surface area contributed by atoms with Gasteiger partial charge in [0.15, 0.2) is 0 Å². The van der Waals surface area contributed by atoms with E-state index in [2.05, 4.69) is 10.6 Å². The van der Waals surface area contributed by atoms with Crippen LogP contribution in [0.15, 0.2) is 60.7 Å². The highest BCUT2D eigenvalue weighted by atomic mass is 16.5. The number of nitrogens with one attached hydrogen (secondary N) is 2. The quantitative estimate of drug-likeness (QED) is 0.653. The normalized spacial score (nSPS) is 11.5. The standard InChI is InChI=1S/C22H26N2O4/c1-16(2)28-20(25)13-14-23-22(27)19(15-17-9-5-3-6-10-17)24-21(26)18-11-7-4-8-12-18/h3-12,16,19H,13-15H2,1-2H3,(H,23,27)(H,24,26). The lowest BCUT2D eigenvalue weighted by Crippen LogP contribution is -2.48. The fourth-order valence-electron chi connectivity index (χ4n) is 2.62. The summed E-state index contributed by atoms with van der Waals surface area (Å²) < 4.78 is 5.05. The molecule has 0 radical (unpaired) electrons. The Balaban J connectivity index is 1.99. The Morgan fingerprint density at radius 1 is 0.929 bits per heavy atom. The molecular weight excluding hydrogens is 356 g/mol. The second-order valence-electron chi connectivity index (χ2n) is 6.66. The second-order valence-corrected chi connectivity index (χ2v) is 6.66. The zero-order valence-electron chi connectivity index (χ0n) is 16.2. The monoisotopic (exact) mass is 382 g/mol. The molecular formula is C22H26N2O4. The number of carbonyl (C=O) groups is 3. The maximum atomic E-state index is 12.6. The molecule has 1 unspecified atom stereocenters. The van der Waals surface area contributed by atoms with Crippen molar-refractivity contribution < 1.29 is 19.1 Å². The van der Waals surface area contributed by atoms with Gasteiger partial charge >= 0.3 is 5.97 Å². The van der Waals surface area contributed by atoms with Gasteiger partial charge in [-0.25, -0.2) is 0 Å². The van der Waals surface area contributed by atoms with E-state index in [9.17, 15) is 14.4 Å². The van der Waals surface area contributed by atoms with Crippen LogP contribution in [-0.4, -0.2) is 36.5 Å². The maximum Gasteiger partial charge on any atom is 0.307 e. The predicted molar refractivity (Wildman–Crippen MR) is 107 cm³/mol. The molecule has 28 heavy (non-hydrogen) atoms. The van der Waals surface area contributed by atoms with Crippen molar-refractivity contribution >= 4 is 17.8 Å². The molecule has 1 atom stereocenters. The van der Waals surface area contributed by atoms with Crippen molar-refractivity contribution in [3.8, 4) is 0 Å². The van der Waals surface area contributed by atoms with Gasteiger partial charge in [0, 0.05) is 18.5 Å². The Kier molecular flexibility index (Phi) is 8.21. The summed E-state index contributed by atoms with van der Waals surface area (Å²) in [5.41, 5.74) is 1.41. The van der Waals surface area contributed by atoms with Crippen LogP contribution in [0.5, 0.6) is 0 Å². The molecule has 0 aliphatic carbocycles. The Hall–Kier alpha value is -3.15. The summed E-state index contributed by atoms with van der Waals surface area (Å²) in [5.74, 6) is -1.04. The third-order valence-electron chi connectivity index (χ3n) is 3.94. The number of benzene rings is 2. The van der Waals surface area contributed by atoms with E-state index in [1.807, 2.05) is 36.4 Å². The molecule has 2 amide bonds. The number of carbonyl (C=O) groups excluding carboxylic acids is 3. The summed E-state index contributed by atoms with van der Waals surface area (Å²) in [6.07, 6.45) is 0.232. The zero-order chi connectivity index (χ0) is 20.4. The molecule has 0 aliphatic heterocycles. The lowest BCUT2D eigenvalue weighted by Gasteiger charge is -2.19. The van der Waals surface area contributed by atoms with Gasteiger partial charge in [-0.1, -0.05) is 48.5 Å². The van der Waals surface area contributed by atoms with Crippen molar-refractivity contribution in [2.75, 3.05) is 6.54 Å². The first-order chi connectivity index (χ1) is 13.5. The van der Waals surface area contributed by atoms with Crippen LogP contribution in [0, 0.1) is 0 Å². The lowest BCUT2D eigenvalue weighted by atomic mass is 10.0. The third kappa shape index (κ3) is 7.23. The first-order valence-electron chi connectivity index (χ1n) is 9.32. The second kappa shape index (κ2) is 10.9. The average Bonchev–Trinajstić information content (AvgIpc) is 2.68. The molecule has 0 fully saturated rings. The molecule has 2 aromatic carbocycles. The molecule has 2 rings (SSSR count). The highest BCUT2D eigenvalue weighted by Gasteiger charge is 2.22. The first kappa shape index (κ1) is 21.2. The molecule has 0 spiro atoms. The van der Waals surface area contributed by atoms with Gasteiger partial charge in [0.05, 0.1) is 12.5 Å². The molecule has 6 nitrogen and oxygen atoms in total. The largest absolute Gasteiger partial charge is 0.463 e. The van der Waals surface area contributed by atoms with E-state index < -0.39 is 6.04 Å². The van der Waals surface area contributed by atoms with Crippen molar-refractivity contribution in [3.05, 3.63) is 71.8 Å². The number of esters is 1. The van der Waals surface area contributed by atoms with Crippen molar-refractivity contribution in [2.45, 2.75) is 38.8 Å². The number of rotatable bonds is 9. The van der Waals surface area contributed by atoms with E-state index in [1.54, 1.807) is 38.1 Å². The predicted octanol–water partition coefficient (Wildman–Crippen LogP) is 2.49. The van der Waals surface area contributed by atoms with Gasteiger partial charge < -0.3 is 15.4 Å². The molecule has 6 heteroatoms. The van der Waals surface area contributed by atoms with Crippen molar-refractivity contribution in [3.63, 3.8) is 0 Å². The van der Waals surface area contributed by atoms with Crippen LogP contribution in [0.4, 0.5) is 0 Å². The molecule has 0 aliphatic rings. The van der Waals surface area contributed by atoms with Crippen LogP contribution in [0.1, 0.15) is 36.2 Å². The third-order valence-corrected chi connectivity index (χ3v) is 3.94. The fraction of sp³-hybridized carbons (Fsp3) is 0.318. The van der Waals surface area contributed by atoms with Gasteiger partial charge in [0.2, 0.25) is 5.91 Å². The van der Waals surface area contributed by atoms with Crippen LogP contribution < -0.4 is 10.6 Å². The first-order valence-corrected chi connectivity index (χ1v) is 9.32. The molecule has 0 bridgehead atoms. The number of hydrogen-bond acceptors (Lipinski definition) is 4. The van der Waals surface area contributed by atoms with E-state index in [0.29, 0.717) is 12.0 Å². The highest BCUT2D eigenvalue weighted by molar-refractivity contribution is 5.97. The summed E-state index contributed by atoms with van der Waals surface area (Å²) >= 11 is 0. The minimum absolute atomic E-state index is 0.0780. The van der Waals surface area contributed by atoms with Crippen LogP contribution in [0.2, 0.25) is 0 Å². The Labute approximate surface area is 165 Å². The number of amides is 2. The van der Waals surface area contributed by atoms with Crippen LogP contribution in [0.3, 0.4) is 0 Å². The van der Waals surface area contributed by atoms with Crippen molar-refractivity contribution in [1.82, 2.24) is 10.6 Å². The van der Waals surface area contributed by atoms with E-state index in [-0.39, 0.29) is 36.9 Å². The van der Waals surface area contributed by atoms with Crippen molar-refractivity contribution in [2.24, 2.45) is 0 Å². The van der Waals surface area contributed by atoms with Crippen LogP contribution in [0.25, 0.3) is 0 Å². The lowest BCUT2D eigenvalue weighted by molar-refractivity contribution is -0.147. The van der Waals surface area contributed by atoms with Crippen LogP contribution >= 0.6 is 0 Å². The molecule has 148 valence electrons. The van der Waals surface area contributed by atoms with Crippen LogP contribution in [-0.2, 0) is 20.7 Å². The molecule has 0 saturated heterocycles. The molecule has 2 N–H and O–H groups in total. The molecule has 0 heterocycles. The van der Waals surface area contributed by atoms with Gasteiger partial charge in [-0.15, -0.1) is 0 Å². The van der Waals surface area contributed by atoms with E-state index >= 15 is 0 Å². The summed E-state index contributed by atoms with van der Waals surface area (Å²) in [6.45, 7) is 3.69. The summed E-state index contributed by atoms with van der Waals surface area (Å²) in [5, 5.41) is 5.49. The summed E-state index contributed by atoms with van der Waals surface area (Å²) in [6, 6.07) is 17.4. The zero-order valence-corrected chi connectivity index (χ0v) is 16.2. The van der Waals surface area contributed by atoms with Gasteiger partial charge in [0.1, 0.15) is 6.04 Å². The summed E-state index contributed by atoms with van der Waals surface area (Å²) in [7, 11) is 0. The number of ether oxygens (including phenoxy) is 1. The highest BCUT2D eigenvalue weighted by Crippen LogP contribution is 2.06. The minimum atomic E-state index is -0.753. The molecule has 2 aromatic rings. The minimum Gasteiger partial charge on any atom is -0.463 e. The van der Waals surface area contributed by atoms with E-state index in [1.165, 1.54) is 0 Å². The number of hydrogen-bond donors (Lipinski definition) is 2. The molecule has 0 aromatic heterocycles. The van der Waals surface area contributed by atoms with Gasteiger partial charge in [-0.05, 0) is 31.5 Å². The van der Waals surface area contributed by atoms with E-state index in [4.69, 9.17) is 4.74 Å². The molecule has 0 saturated carbocycles. The van der Waals surface area contributed by atoms with Gasteiger partial charge in [0.25, 0.3) is 5.91 Å². The summed E-state index contributed by atoms with van der Waals surface area (Å²) in [4.78, 5) is 36.7. The Bertz CT molecular complexity index is 776. The van der Waals surface area contributed by atoms with E-state index in [0.717, 1.165) is 5.56 Å². The topological polar surface area (TPSA) is 84.5 Å². The van der Waals surface area contributed by atoms with Gasteiger partial charge in [-0.3, -0.25) is 14.4 Å². The Morgan fingerprint density at radius 2 is 1.54 bits per heavy atom. The maximum absolute atomic E-state index is 12.6. The van der Waals surface area contributed by atoms with Crippen molar-refractivity contribution in [1.29, 1.82) is 0 Å². The SMILES string of the molecule is CC(C)OC(=O)CCNC(=O)C(Cc1ccccc1)NC(=O)c1ccccc1. The van der Waals surface area contributed by atoms with Gasteiger partial charge in [-0.2, -0.15) is 0 Å². The average molecular weight is 382 g/mol. The smallest absolute Gasteiger partial charge is 0.307 e.